The van der Waals surface area contributed by atoms with E-state index in [1.165, 1.54) is 10.7 Å². The number of carbonyl (C=O) groups excluding carboxylic acids is 1. The molecule has 0 radical (unpaired) electrons. The van der Waals surface area contributed by atoms with Gasteiger partial charge in [-0.2, -0.15) is 5.10 Å². The van der Waals surface area contributed by atoms with Gasteiger partial charge in [-0.05, 0) is 31.5 Å². The van der Waals surface area contributed by atoms with Gasteiger partial charge in [0.15, 0.2) is 6.04 Å². The summed E-state index contributed by atoms with van der Waals surface area (Å²) in [6.07, 6.45) is 0.418. The van der Waals surface area contributed by atoms with E-state index in [4.69, 9.17) is 9.47 Å². The van der Waals surface area contributed by atoms with Crippen molar-refractivity contribution in [1.82, 2.24) is 9.78 Å². The summed E-state index contributed by atoms with van der Waals surface area (Å²) in [5.74, 6) is 0.191. The summed E-state index contributed by atoms with van der Waals surface area (Å²) >= 11 is 0. The number of hydrogen-bond donors (Lipinski definition) is 0. The molecule has 0 amide bonds. The van der Waals surface area contributed by atoms with Crippen LogP contribution in [0.3, 0.4) is 0 Å². The molecular formula is C17H20N2O4. The number of ether oxygens (including phenoxy) is 2. The van der Waals surface area contributed by atoms with Crippen LogP contribution in [0.25, 0.3) is 11.3 Å². The van der Waals surface area contributed by atoms with Crippen molar-refractivity contribution >= 4 is 5.97 Å². The zero-order valence-corrected chi connectivity index (χ0v) is 13.5. The molecule has 0 aliphatic rings. The highest BCUT2D eigenvalue weighted by Crippen LogP contribution is 2.27. The van der Waals surface area contributed by atoms with Gasteiger partial charge in [-0.15, -0.1) is 0 Å². The van der Waals surface area contributed by atoms with E-state index in [0.29, 0.717) is 17.9 Å². The molecule has 0 saturated heterocycles. The molecule has 0 aliphatic carbocycles. The minimum atomic E-state index is -0.739. The molecule has 1 aromatic carbocycles. The number of esters is 1. The van der Waals surface area contributed by atoms with Crippen molar-refractivity contribution in [3.05, 3.63) is 46.8 Å². The van der Waals surface area contributed by atoms with Gasteiger partial charge in [0.25, 0.3) is 5.56 Å². The van der Waals surface area contributed by atoms with E-state index in [2.05, 4.69) is 5.10 Å². The number of para-hydroxylation sites is 1. The Bertz CT molecular complexity index is 739. The van der Waals surface area contributed by atoms with E-state index in [0.717, 1.165) is 5.56 Å². The molecule has 2 rings (SSSR count). The first-order valence-corrected chi connectivity index (χ1v) is 7.52. The third-order valence-electron chi connectivity index (χ3n) is 3.45. The lowest BCUT2D eigenvalue weighted by molar-refractivity contribution is -0.147. The van der Waals surface area contributed by atoms with E-state index in [9.17, 15) is 9.59 Å². The van der Waals surface area contributed by atoms with Crippen molar-refractivity contribution in [3.63, 3.8) is 0 Å². The molecule has 0 unspecified atom stereocenters. The maximum absolute atomic E-state index is 12.1. The van der Waals surface area contributed by atoms with E-state index < -0.39 is 12.0 Å². The molecule has 0 aliphatic heterocycles. The topological polar surface area (TPSA) is 70.4 Å². The summed E-state index contributed by atoms with van der Waals surface area (Å²) in [4.78, 5) is 24.2. The van der Waals surface area contributed by atoms with E-state index in [1.54, 1.807) is 20.1 Å². The smallest absolute Gasteiger partial charge is 0.331 e. The highest BCUT2D eigenvalue weighted by atomic mass is 16.5. The summed E-state index contributed by atoms with van der Waals surface area (Å²) in [6, 6.07) is 9.66. The van der Waals surface area contributed by atoms with Gasteiger partial charge in [-0.1, -0.05) is 19.1 Å². The van der Waals surface area contributed by atoms with Crippen molar-refractivity contribution in [2.45, 2.75) is 26.3 Å². The largest absolute Gasteiger partial charge is 0.496 e. The van der Waals surface area contributed by atoms with Crippen LogP contribution in [0, 0.1) is 0 Å². The summed E-state index contributed by atoms with van der Waals surface area (Å²) in [6.45, 7) is 3.80. The number of methoxy groups -OCH3 is 1. The molecule has 0 N–H and O–H groups in total. The Labute approximate surface area is 134 Å². The van der Waals surface area contributed by atoms with Crippen LogP contribution in [0.15, 0.2) is 41.2 Å². The first-order chi connectivity index (χ1) is 11.1. The molecule has 1 aromatic heterocycles. The molecule has 0 saturated carbocycles. The Hall–Kier alpha value is -2.63. The monoisotopic (exact) mass is 316 g/mol. The fourth-order valence-corrected chi connectivity index (χ4v) is 2.33. The van der Waals surface area contributed by atoms with Gasteiger partial charge in [0.05, 0.1) is 19.4 Å². The summed E-state index contributed by atoms with van der Waals surface area (Å²) < 4.78 is 11.5. The lowest BCUT2D eigenvalue weighted by Crippen LogP contribution is -2.32. The van der Waals surface area contributed by atoms with Crippen molar-refractivity contribution in [2.24, 2.45) is 0 Å². The number of benzene rings is 1. The van der Waals surface area contributed by atoms with Crippen LogP contribution in [0.1, 0.15) is 26.3 Å². The summed E-state index contributed by atoms with van der Waals surface area (Å²) in [7, 11) is 1.57. The van der Waals surface area contributed by atoms with Gasteiger partial charge in [-0.3, -0.25) is 4.79 Å². The van der Waals surface area contributed by atoms with Gasteiger partial charge in [-0.25, -0.2) is 9.48 Å². The van der Waals surface area contributed by atoms with Crippen molar-refractivity contribution in [1.29, 1.82) is 0 Å². The van der Waals surface area contributed by atoms with Gasteiger partial charge < -0.3 is 9.47 Å². The van der Waals surface area contributed by atoms with Crippen LogP contribution >= 0.6 is 0 Å². The zero-order valence-electron chi connectivity index (χ0n) is 13.5. The SMILES string of the molecule is CCOC(=O)[C@H](CC)n1nc(-c2ccccc2OC)ccc1=O. The first kappa shape index (κ1) is 16.7. The molecule has 1 atom stereocenters. The zero-order chi connectivity index (χ0) is 16.8. The van der Waals surface area contributed by atoms with E-state index in [-0.39, 0.29) is 12.2 Å². The number of hydrogen-bond acceptors (Lipinski definition) is 5. The van der Waals surface area contributed by atoms with Crippen molar-refractivity contribution in [2.75, 3.05) is 13.7 Å². The molecule has 23 heavy (non-hydrogen) atoms. The second-order valence-corrected chi connectivity index (χ2v) is 4.88. The van der Waals surface area contributed by atoms with Crippen molar-refractivity contribution in [3.8, 4) is 17.0 Å². The fourth-order valence-electron chi connectivity index (χ4n) is 2.33. The normalized spacial score (nSPS) is 11.8. The van der Waals surface area contributed by atoms with Crippen LogP contribution in [0.2, 0.25) is 0 Å². The third-order valence-corrected chi connectivity index (χ3v) is 3.45. The maximum atomic E-state index is 12.1. The van der Waals surface area contributed by atoms with E-state index in [1.807, 2.05) is 31.2 Å². The molecule has 0 bridgehead atoms. The number of nitrogens with zero attached hydrogens (tertiary/aromatic N) is 2. The first-order valence-electron chi connectivity index (χ1n) is 7.52. The predicted octanol–water partition coefficient (Wildman–Crippen LogP) is 2.43. The minimum absolute atomic E-state index is 0.260. The molecule has 2 aromatic rings. The molecule has 6 nitrogen and oxygen atoms in total. The lowest BCUT2D eigenvalue weighted by Gasteiger charge is -2.16. The van der Waals surface area contributed by atoms with E-state index >= 15 is 0 Å². The molecule has 0 spiro atoms. The average Bonchev–Trinajstić information content (AvgIpc) is 2.57. The second kappa shape index (κ2) is 7.58. The Kier molecular flexibility index (Phi) is 5.51. The Balaban J connectivity index is 2.50. The Morgan fingerprint density at radius 2 is 1.96 bits per heavy atom. The van der Waals surface area contributed by atoms with Gasteiger partial charge >= 0.3 is 5.97 Å². The Morgan fingerprint density at radius 3 is 2.61 bits per heavy atom. The molecule has 6 heteroatoms. The standard InChI is InChI=1S/C17H20N2O4/c1-4-14(17(21)23-5-2)19-16(20)11-10-13(18-19)12-8-6-7-9-15(12)22-3/h6-11,14H,4-5H2,1-3H3/t14-/m0/s1. The quantitative estimate of drug-likeness (QED) is 0.766. The summed E-state index contributed by atoms with van der Waals surface area (Å²) in [5, 5.41) is 4.35. The Morgan fingerprint density at radius 1 is 1.22 bits per heavy atom. The lowest BCUT2D eigenvalue weighted by atomic mass is 10.1. The van der Waals surface area contributed by atoms with Crippen LogP contribution in [0.4, 0.5) is 0 Å². The number of aromatic nitrogens is 2. The predicted molar refractivity (Wildman–Crippen MR) is 86.4 cm³/mol. The summed E-state index contributed by atoms with van der Waals surface area (Å²) in [5.41, 5.74) is 0.968. The fraction of sp³-hybridized carbons (Fsp3) is 0.353. The van der Waals surface area contributed by atoms with Crippen LogP contribution in [0.5, 0.6) is 5.75 Å². The van der Waals surface area contributed by atoms with Crippen LogP contribution in [-0.2, 0) is 9.53 Å². The van der Waals surface area contributed by atoms with Crippen molar-refractivity contribution < 1.29 is 14.3 Å². The van der Waals surface area contributed by atoms with Gasteiger partial charge in [0.1, 0.15) is 5.75 Å². The highest BCUT2D eigenvalue weighted by molar-refractivity contribution is 5.74. The molecule has 1 heterocycles. The van der Waals surface area contributed by atoms with Gasteiger partial charge in [0, 0.05) is 11.6 Å². The molecule has 0 fully saturated rings. The minimum Gasteiger partial charge on any atom is -0.496 e. The second-order valence-electron chi connectivity index (χ2n) is 4.88. The van der Waals surface area contributed by atoms with Crippen LogP contribution in [-0.4, -0.2) is 29.5 Å². The van der Waals surface area contributed by atoms with Crippen LogP contribution < -0.4 is 10.3 Å². The molecular weight excluding hydrogens is 296 g/mol. The highest BCUT2D eigenvalue weighted by Gasteiger charge is 2.22. The molecule has 122 valence electrons. The maximum Gasteiger partial charge on any atom is 0.331 e. The number of carbonyl (C=O) groups is 1. The number of rotatable bonds is 6. The third kappa shape index (κ3) is 3.59. The average molecular weight is 316 g/mol. The van der Waals surface area contributed by atoms with Gasteiger partial charge in [0.2, 0.25) is 0 Å².